The maximum Gasteiger partial charge on any atom is 0.243 e. The van der Waals surface area contributed by atoms with Crippen LogP contribution in [0.4, 0.5) is 0 Å². The van der Waals surface area contributed by atoms with Gasteiger partial charge in [-0.1, -0.05) is 32.0 Å². The lowest BCUT2D eigenvalue weighted by atomic mass is 10.0. The summed E-state index contributed by atoms with van der Waals surface area (Å²) in [5.74, 6) is 3.74. The summed E-state index contributed by atoms with van der Waals surface area (Å²) < 4.78 is 7.80. The Morgan fingerprint density at radius 1 is 1.27 bits per heavy atom. The fourth-order valence-electron chi connectivity index (χ4n) is 3.96. The number of likely N-dealkylation sites (N-methyl/N-ethyl adjacent to an activating group) is 1. The summed E-state index contributed by atoms with van der Waals surface area (Å²) in [4.78, 5) is 23.0. The molecule has 2 atom stereocenters. The van der Waals surface area contributed by atoms with Gasteiger partial charge in [-0.2, -0.15) is 5.10 Å². The lowest BCUT2D eigenvalue weighted by molar-refractivity contribution is -0.127. The number of hydrogen-bond donors (Lipinski definition) is 2. The first-order valence-corrected chi connectivity index (χ1v) is 11.3. The third-order valence-corrected chi connectivity index (χ3v) is 5.87. The molecule has 1 aromatic carbocycles. The second-order valence-electron chi connectivity index (χ2n) is 8.93. The van der Waals surface area contributed by atoms with Crippen LogP contribution in [-0.4, -0.2) is 64.8 Å². The minimum atomic E-state index is -0.0396. The molecule has 1 aromatic heterocycles. The highest BCUT2D eigenvalue weighted by Gasteiger charge is 2.26. The number of amides is 1. The van der Waals surface area contributed by atoms with Crippen molar-refractivity contribution in [3.05, 3.63) is 41.5 Å². The molecule has 0 fully saturated rings. The summed E-state index contributed by atoms with van der Waals surface area (Å²) in [5.41, 5.74) is 1.11. The second-order valence-corrected chi connectivity index (χ2v) is 8.93. The Bertz CT molecular complexity index is 989. The lowest BCUT2D eigenvalue weighted by Crippen LogP contribution is -2.49. The van der Waals surface area contributed by atoms with Gasteiger partial charge < -0.3 is 20.3 Å². The normalized spacial score (nSPS) is 19.6. The fraction of sp³-hybridized carbons (Fsp3) is 0.565. The first-order valence-electron chi connectivity index (χ1n) is 11.3. The zero-order valence-corrected chi connectivity index (χ0v) is 22.1. The monoisotopic (exact) mass is 567 g/mol. The quantitative estimate of drug-likeness (QED) is 0.328. The van der Waals surface area contributed by atoms with Crippen molar-refractivity contribution in [3.8, 4) is 5.75 Å². The predicted octanol–water partition coefficient (Wildman–Crippen LogP) is 2.48. The van der Waals surface area contributed by atoms with Gasteiger partial charge in [0.05, 0.1) is 19.2 Å². The van der Waals surface area contributed by atoms with E-state index < -0.39 is 0 Å². The van der Waals surface area contributed by atoms with Gasteiger partial charge in [0.15, 0.2) is 11.8 Å². The fourth-order valence-corrected chi connectivity index (χ4v) is 3.96. The smallest absolute Gasteiger partial charge is 0.243 e. The first kappa shape index (κ1) is 25.3. The highest BCUT2D eigenvalue weighted by Crippen LogP contribution is 2.31. The van der Waals surface area contributed by atoms with Crippen LogP contribution in [0, 0.1) is 0 Å². The van der Waals surface area contributed by atoms with E-state index in [1.807, 2.05) is 22.9 Å². The number of nitrogens with zero attached hydrogens (tertiary/aromatic N) is 5. The number of hydrogen-bond acceptors (Lipinski definition) is 5. The molecule has 0 spiro atoms. The van der Waals surface area contributed by atoms with Crippen LogP contribution in [0.25, 0.3) is 0 Å². The third-order valence-electron chi connectivity index (χ3n) is 5.87. The van der Waals surface area contributed by atoms with Gasteiger partial charge in [0.1, 0.15) is 18.1 Å². The van der Waals surface area contributed by atoms with Gasteiger partial charge in [0, 0.05) is 44.5 Å². The maximum absolute atomic E-state index is 12.2. The van der Waals surface area contributed by atoms with Gasteiger partial charge in [0.2, 0.25) is 5.91 Å². The SMILES string of the molecule is CC(C)c1nc2n(n1)CC(NC(=NCC(=O)N(C)C)NC1CCOc3ccccc31)CC2.I. The molecule has 1 amide bonds. The van der Waals surface area contributed by atoms with Gasteiger partial charge in [-0.15, -0.1) is 24.0 Å². The average molecular weight is 567 g/mol. The Labute approximate surface area is 212 Å². The molecule has 2 aliphatic heterocycles. The van der Waals surface area contributed by atoms with Gasteiger partial charge in [0.25, 0.3) is 0 Å². The summed E-state index contributed by atoms with van der Waals surface area (Å²) in [7, 11) is 3.49. The summed E-state index contributed by atoms with van der Waals surface area (Å²) >= 11 is 0. The molecule has 0 aliphatic carbocycles. The van der Waals surface area contributed by atoms with Crippen molar-refractivity contribution in [1.29, 1.82) is 0 Å². The summed E-state index contributed by atoms with van der Waals surface area (Å²) in [5, 5.41) is 11.8. The molecule has 33 heavy (non-hydrogen) atoms. The van der Waals surface area contributed by atoms with Crippen molar-refractivity contribution < 1.29 is 9.53 Å². The van der Waals surface area contributed by atoms with Gasteiger partial charge in [-0.25, -0.2) is 14.7 Å². The number of aryl methyl sites for hydroxylation is 1. The van der Waals surface area contributed by atoms with Crippen LogP contribution in [0.3, 0.4) is 0 Å². The number of aromatic nitrogens is 3. The van der Waals surface area contributed by atoms with E-state index in [2.05, 4.69) is 45.6 Å². The van der Waals surface area contributed by atoms with Crippen LogP contribution in [-0.2, 0) is 17.8 Å². The summed E-state index contributed by atoms with van der Waals surface area (Å²) in [6, 6.07) is 8.28. The van der Waals surface area contributed by atoms with E-state index in [0.29, 0.717) is 18.5 Å². The summed E-state index contributed by atoms with van der Waals surface area (Å²) in [6.45, 7) is 5.68. The number of rotatable bonds is 5. The molecule has 2 aliphatic rings. The van der Waals surface area contributed by atoms with E-state index in [9.17, 15) is 4.79 Å². The molecule has 0 saturated heterocycles. The van der Waals surface area contributed by atoms with E-state index in [0.717, 1.165) is 48.8 Å². The second kappa shape index (κ2) is 11.2. The first-order chi connectivity index (χ1) is 15.4. The minimum absolute atomic E-state index is 0. The number of para-hydroxylation sites is 1. The maximum atomic E-state index is 12.2. The van der Waals surface area contributed by atoms with Gasteiger partial charge in [-0.3, -0.25) is 4.79 Å². The zero-order valence-electron chi connectivity index (χ0n) is 19.7. The Morgan fingerprint density at radius 3 is 2.82 bits per heavy atom. The number of halogens is 1. The standard InChI is InChI=1S/C23H33N7O2.HI/c1-15(2)22-27-20-10-9-16(14-30(20)28-22)25-23(24-13-21(31)29(3)4)26-18-11-12-32-19-8-6-5-7-17(18)19;/h5-8,15-16,18H,9-14H2,1-4H3,(H2,24,25,26);1H. The number of fused-ring (bicyclic) bond motifs is 2. The molecule has 0 bridgehead atoms. The molecule has 3 heterocycles. The van der Waals surface area contributed by atoms with Crippen LogP contribution >= 0.6 is 24.0 Å². The largest absolute Gasteiger partial charge is 0.493 e. The molecule has 2 aromatic rings. The topological polar surface area (TPSA) is 96.7 Å². The van der Waals surface area contributed by atoms with E-state index in [4.69, 9.17) is 4.74 Å². The number of carbonyl (C=O) groups excluding carboxylic acids is 1. The highest BCUT2D eigenvalue weighted by atomic mass is 127. The van der Waals surface area contributed by atoms with Crippen molar-refractivity contribution >= 4 is 35.8 Å². The number of benzene rings is 1. The Hall–Kier alpha value is -2.37. The Balaban J connectivity index is 0.00000306. The van der Waals surface area contributed by atoms with Crippen LogP contribution in [0.15, 0.2) is 29.3 Å². The molecule has 2 N–H and O–H groups in total. The molecule has 180 valence electrons. The van der Waals surface area contributed by atoms with E-state index in [1.54, 1.807) is 19.0 Å². The molecule has 0 radical (unpaired) electrons. The number of aliphatic imine (C=N–C) groups is 1. The van der Waals surface area contributed by atoms with E-state index >= 15 is 0 Å². The number of ether oxygens (including phenoxy) is 1. The van der Waals surface area contributed by atoms with E-state index in [-0.39, 0.29) is 48.5 Å². The molecule has 9 nitrogen and oxygen atoms in total. The lowest BCUT2D eigenvalue weighted by Gasteiger charge is -2.30. The van der Waals surface area contributed by atoms with Gasteiger partial charge >= 0.3 is 0 Å². The molecule has 4 rings (SSSR count). The number of carbonyl (C=O) groups is 1. The third kappa shape index (κ3) is 6.15. The number of nitrogens with one attached hydrogen (secondary N) is 2. The van der Waals surface area contributed by atoms with Crippen LogP contribution in [0.2, 0.25) is 0 Å². The molecular formula is C23H34IN7O2. The molecule has 10 heteroatoms. The Kier molecular flexibility index (Phi) is 8.55. The van der Waals surface area contributed by atoms with Crippen molar-refractivity contribution in [2.45, 2.75) is 57.7 Å². The van der Waals surface area contributed by atoms with Crippen molar-refractivity contribution in [2.24, 2.45) is 4.99 Å². The van der Waals surface area contributed by atoms with Gasteiger partial charge in [-0.05, 0) is 12.5 Å². The minimum Gasteiger partial charge on any atom is -0.493 e. The van der Waals surface area contributed by atoms with Crippen LogP contribution < -0.4 is 15.4 Å². The van der Waals surface area contributed by atoms with Crippen LogP contribution in [0.1, 0.15) is 55.9 Å². The number of guanidine groups is 1. The zero-order chi connectivity index (χ0) is 22.7. The molecular weight excluding hydrogens is 533 g/mol. The van der Waals surface area contributed by atoms with E-state index in [1.165, 1.54) is 0 Å². The van der Waals surface area contributed by atoms with Crippen molar-refractivity contribution in [3.63, 3.8) is 0 Å². The predicted molar refractivity (Wildman–Crippen MR) is 138 cm³/mol. The molecule has 2 unspecified atom stereocenters. The highest BCUT2D eigenvalue weighted by molar-refractivity contribution is 14.0. The average Bonchev–Trinajstić information content (AvgIpc) is 3.21. The van der Waals surface area contributed by atoms with Crippen LogP contribution in [0.5, 0.6) is 5.75 Å². The summed E-state index contributed by atoms with van der Waals surface area (Å²) in [6.07, 6.45) is 2.62. The molecule has 0 saturated carbocycles. The van der Waals surface area contributed by atoms with Crippen molar-refractivity contribution in [1.82, 2.24) is 30.3 Å². The van der Waals surface area contributed by atoms with Crippen molar-refractivity contribution in [2.75, 3.05) is 27.2 Å². The Morgan fingerprint density at radius 2 is 2.06 bits per heavy atom.